The maximum absolute atomic E-state index is 13.7. The first-order valence-corrected chi connectivity index (χ1v) is 8.76. The van der Waals surface area contributed by atoms with E-state index in [0.29, 0.717) is 37.9 Å². The highest BCUT2D eigenvalue weighted by molar-refractivity contribution is 7.92. The molecule has 0 atom stereocenters. The van der Waals surface area contributed by atoms with Crippen LogP contribution in [0.2, 0.25) is 0 Å². The average molecular weight is 317 g/mol. The second kappa shape index (κ2) is 6.40. The third kappa shape index (κ3) is 3.80. The predicted octanol–water partition coefficient (Wildman–Crippen LogP) is 2.86. The molecule has 1 aliphatic rings. The minimum absolute atomic E-state index is 0.383. The van der Waals surface area contributed by atoms with Crippen LogP contribution in [-0.2, 0) is 9.84 Å². The van der Waals surface area contributed by atoms with Crippen LogP contribution in [-0.4, -0.2) is 38.2 Å². The second-order valence-corrected chi connectivity index (χ2v) is 8.21. The highest BCUT2D eigenvalue weighted by Gasteiger charge is 2.33. The molecule has 6 heteroatoms. The van der Waals surface area contributed by atoms with Crippen molar-refractivity contribution in [2.24, 2.45) is 5.92 Å². The van der Waals surface area contributed by atoms with Gasteiger partial charge >= 0.3 is 0 Å². The summed E-state index contributed by atoms with van der Waals surface area (Å²) in [6.45, 7) is 6.58. The van der Waals surface area contributed by atoms with Crippen LogP contribution < -0.4 is 0 Å². The lowest BCUT2D eigenvalue weighted by molar-refractivity contribution is 0.207. The van der Waals surface area contributed by atoms with Crippen LogP contribution in [0.4, 0.5) is 8.78 Å². The first-order chi connectivity index (χ1) is 9.80. The van der Waals surface area contributed by atoms with Gasteiger partial charge in [0.25, 0.3) is 0 Å². The molecule has 0 aliphatic carbocycles. The Morgan fingerprint density at radius 2 is 1.86 bits per heavy atom. The van der Waals surface area contributed by atoms with Crippen molar-refractivity contribution in [3.63, 3.8) is 0 Å². The minimum Gasteiger partial charge on any atom is -0.303 e. The number of rotatable bonds is 4. The van der Waals surface area contributed by atoms with E-state index in [0.717, 1.165) is 18.7 Å². The normalized spacial score (nSPS) is 18.3. The molecule has 2 rings (SSSR count). The van der Waals surface area contributed by atoms with Crippen molar-refractivity contribution in [3.05, 3.63) is 29.8 Å². The number of likely N-dealkylation sites (tertiary alicyclic amines) is 1. The predicted molar refractivity (Wildman–Crippen MR) is 77.8 cm³/mol. The van der Waals surface area contributed by atoms with Crippen molar-refractivity contribution in [3.8, 4) is 0 Å². The van der Waals surface area contributed by atoms with E-state index in [9.17, 15) is 17.2 Å². The van der Waals surface area contributed by atoms with Gasteiger partial charge in [-0.05, 0) is 44.0 Å². The molecule has 0 amide bonds. The summed E-state index contributed by atoms with van der Waals surface area (Å²) in [4.78, 5) is 1.85. The number of piperidine rings is 1. The van der Waals surface area contributed by atoms with Crippen LogP contribution in [0, 0.1) is 17.6 Å². The summed E-state index contributed by atoms with van der Waals surface area (Å²) in [5.74, 6) is -1.23. The van der Waals surface area contributed by atoms with Gasteiger partial charge in [-0.2, -0.15) is 0 Å². The van der Waals surface area contributed by atoms with Gasteiger partial charge in [0.1, 0.15) is 16.5 Å². The van der Waals surface area contributed by atoms with Crippen molar-refractivity contribution in [1.29, 1.82) is 0 Å². The first-order valence-electron chi connectivity index (χ1n) is 7.22. The van der Waals surface area contributed by atoms with Crippen LogP contribution in [0.3, 0.4) is 0 Å². The molecule has 1 aromatic carbocycles. The van der Waals surface area contributed by atoms with Gasteiger partial charge in [-0.1, -0.05) is 13.8 Å². The first kappa shape index (κ1) is 16.4. The Labute approximate surface area is 124 Å². The summed E-state index contributed by atoms with van der Waals surface area (Å²) in [5, 5.41) is -0.583. The van der Waals surface area contributed by atoms with E-state index in [1.165, 1.54) is 0 Å². The van der Waals surface area contributed by atoms with Gasteiger partial charge < -0.3 is 4.90 Å². The fourth-order valence-electron chi connectivity index (χ4n) is 2.80. The van der Waals surface area contributed by atoms with Gasteiger partial charge in [0, 0.05) is 12.6 Å². The topological polar surface area (TPSA) is 37.4 Å². The average Bonchev–Trinajstić information content (AvgIpc) is 2.38. The number of halogens is 2. The Hall–Kier alpha value is -1.01. The Kier molecular flexibility index (Phi) is 4.99. The zero-order valence-electron chi connectivity index (χ0n) is 12.4. The SMILES string of the molecule is CC(C)CN1CCC(S(=O)(=O)c2ccc(F)cc2F)CC1. The molecule has 0 N–H and O–H groups in total. The summed E-state index contributed by atoms with van der Waals surface area (Å²) >= 11 is 0. The molecule has 21 heavy (non-hydrogen) atoms. The van der Waals surface area contributed by atoms with E-state index in [4.69, 9.17) is 0 Å². The third-order valence-electron chi connectivity index (χ3n) is 3.80. The molecular weight excluding hydrogens is 296 g/mol. The lowest BCUT2D eigenvalue weighted by Crippen LogP contribution is -2.41. The van der Waals surface area contributed by atoms with Crippen LogP contribution in [0.5, 0.6) is 0 Å². The van der Waals surface area contributed by atoms with Crippen molar-refractivity contribution in [1.82, 2.24) is 4.90 Å². The van der Waals surface area contributed by atoms with Crippen molar-refractivity contribution in [2.45, 2.75) is 36.8 Å². The number of hydrogen-bond acceptors (Lipinski definition) is 3. The monoisotopic (exact) mass is 317 g/mol. The molecule has 3 nitrogen and oxygen atoms in total. The third-order valence-corrected chi connectivity index (χ3v) is 6.09. The molecule has 1 fully saturated rings. The summed E-state index contributed by atoms with van der Waals surface area (Å²) in [6.07, 6.45) is 0.984. The number of benzene rings is 1. The maximum atomic E-state index is 13.7. The molecule has 0 saturated carbocycles. The van der Waals surface area contributed by atoms with Crippen LogP contribution in [0.25, 0.3) is 0 Å². The molecule has 1 aromatic rings. The lowest BCUT2D eigenvalue weighted by atomic mass is 10.1. The van der Waals surface area contributed by atoms with E-state index in [-0.39, 0.29) is 4.90 Å². The van der Waals surface area contributed by atoms with Gasteiger partial charge in [0.15, 0.2) is 9.84 Å². The highest BCUT2D eigenvalue weighted by Crippen LogP contribution is 2.27. The Morgan fingerprint density at radius 3 is 2.38 bits per heavy atom. The Bertz CT molecular complexity index is 594. The van der Waals surface area contributed by atoms with E-state index < -0.39 is 26.7 Å². The molecule has 1 aliphatic heterocycles. The summed E-state index contributed by atoms with van der Waals surface area (Å²) in [5.41, 5.74) is 0. The molecular formula is C15H21F2NO2S. The quantitative estimate of drug-likeness (QED) is 0.801. The fourth-order valence-corrected chi connectivity index (χ4v) is 4.58. The molecule has 118 valence electrons. The van der Waals surface area contributed by atoms with Gasteiger partial charge in [-0.15, -0.1) is 0 Å². The number of nitrogens with zero attached hydrogens (tertiary/aromatic N) is 1. The van der Waals surface area contributed by atoms with E-state index >= 15 is 0 Å². The molecule has 1 heterocycles. The van der Waals surface area contributed by atoms with Crippen molar-refractivity contribution in [2.75, 3.05) is 19.6 Å². The smallest absolute Gasteiger partial charge is 0.184 e. The summed E-state index contributed by atoms with van der Waals surface area (Å²) in [6, 6.07) is 2.64. The number of hydrogen-bond donors (Lipinski definition) is 0. The van der Waals surface area contributed by atoms with E-state index in [1.54, 1.807) is 0 Å². The Balaban J connectivity index is 2.11. The van der Waals surface area contributed by atoms with E-state index in [2.05, 4.69) is 18.7 Å². The zero-order valence-corrected chi connectivity index (χ0v) is 13.2. The van der Waals surface area contributed by atoms with Crippen molar-refractivity contribution >= 4 is 9.84 Å². The largest absolute Gasteiger partial charge is 0.303 e. The second-order valence-electron chi connectivity index (χ2n) is 6.01. The molecule has 0 radical (unpaired) electrons. The molecule has 0 spiro atoms. The fraction of sp³-hybridized carbons (Fsp3) is 0.600. The molecule has 0 unspecified atom stereocenters. The molecule has 0 bridgehead atoms. The van der Waals surface area contributed by atoms with Crippen molar-refractivity contribution < 1.29 is 17.2 Å². The Morgan fingerprint density at radius 1 is 1.24 bits per heavy atom. The lowest BCUT2D eigenvalue weighted by Gasteiger charge is -2.32. The van der Waals surface area contributed by atoms with E-state index in [1.807, 2.05) is 0 Å². The summed E-state index contributed by atoms with van der Waals surface area (Å²) < 4.78 is 51.6. The standard InChI is InChI=1S/C15H21F2NO2S/c1-11(2)10-18-7-5-13(6-8-18)21(19,20)15-4-3-12(16)9-14(15)17/h3-4,9,11,13H,5-8,10H2,1-2H3. The minimum atomic E-state index is -3.73. The van der Waals surface area contributed by atoms with Gasteiger partial charge in [-0.25, -0.2) is 17.2 Å². The zero-order chi connectivity index (χ0) is 15.6. The van der Waals surface area contributed by atoms with Gasteiger partial charge in [0.2, 0.25) is 0 Å². The maximum Gasteiger partial charge on any atom is 0.184 e. The molecule has 1 saturated heterocycles. The van der Waals surface area contributed by atoms with Gasteiger partial charge in [0.05, 0.1) is 5.25 Å². The van der Waals surface area contributed by atoms with Gasteiger partial charge in [-0.3, -0.25) is 0 Å². The van der Waals surface area contributed by atoms with Crippen LogP contribution in [0.15, 0.2) is 23.1 Å². The van der Waals surface area contributed by atoms with Crippen LogP contribution in [0.1, 0.15) is 26.7 Å². The van der Waals surface area contributed by atoms with Crippen LogP contribution >= 0.6 is 0 Å². The molecule has 0 aromatic heterocycles. The number of sulfone groups is 1. The summed E-state index contributed by atoms with van der Waals surface area (Å²) in [7, 11) is -3.73. The highest BCUT2D eigenvalue weighted by atomic mass is 32.2.